The minimum Gasteiger partial charge on any atom is -0.356 e. The van der Waals surface area contributed by atoms with Crippen molar-refractivity contribution in [2.75, 3.05) is 19.6 Å². The lowest BCUT2D eigenvalue weighted by Gasteiger charge is -2.33. The van der Waals surface area contributed by atoms with E-state index < -0.39 is 0 Å². The molecule has 1 atom stereocenters. The van der Waals surface area contributed by atoms with Crippen LogP contribution in [0.1, 0.15) is 53.4 Å². The van der Waals surface area contributed by atoms with Crippen LogP contribution in [0.3, 0.4) is 0 Å². The number of rotatable bonds is 5. The van der Waals surface area contributed by atoms with E-state index in [0.717, 1.165) is 25.9 Å². The van der Waals surface area contributed by atoms with Gasteiger partial charge in [-0.15, -0.1) is 0 Å². The number of nitrogens with two attached hydrogens (primary N) is 1. The molecule has 5 nitrogen and oxygen atoms in total. The van der Waals surface area contributed by atoms with Gasteiger partial charge in [-0.25, -0.2) is 0 Å². The van der Waals surface area contributed by atoms with Gasteiger partial charge in [-0.05, 0) is 32.1 Å². The number of nitrogens with one attached hydrogen (secondary N) is 1. The van der Waals surface area contributed by atoms with Gasteiger partial charge in [0.15, 0.2) is 0 Å². The Balaban J connectivity index is 2.19. The van der Waals surface area contributed by atoms with Crippen LogP contribution in [0.5, 0.6) is 0 Å². The lowest BCUT2D eigenvalue weighted by atomic mass is 9.91. The van der Waals surface area contributed by atoms with Gasteiger partial charge >= 0.3 is 0 Å². The summed E-state index contributed by atoms with van der Waals surface area (Å²) in [6.07, 6.45) is 3.22. The summed E-state index contributed by atoms with van der Waals surface area (Å²) in [5.74, 6) is 0.774. The molecule has 122 valence electrons. The van der Waals surface area contributed by atoms with Crippen LogP contribution in [0.15, 0.2) is 0 Å². The van der Waals surface area contributed by atoms with Crippen molar-refractivity contribution < 1.29 is 9.59 Å². The maximum absolute atomic E-state index is 12.1. The van der Waals surface area contributed by atoms with E-state index in [-0.39, 0.29) is 23.3 Å². The van der Waals surface area contributed by atoms with E-state index in [9.17, 15) is 9.59 Å². The minimum absolute atomic E-state index is 0.0349. The summed E-state index contributed by atoms with van der Waals surface area (Å²) in [6, 6.07) is 0.217. The number of nitrogens with zero attached hydrogens (tertiary/aromatic N) is 1. The average molecular weight is 297 g/mol. The first kappa shape index (κ1) is 18.0. The Hall–Kier alpha value is -1.10. The predicted octanol–water partition coefficient (Wildman–Crippen LogP) is 1.51. The zero-order valence-corrected chi connectivity index (χ0v) is 13.9. The molecule has 0 saturated carbocycles. The van der Waals surface area contributed by atoms with Crippen LogP contribution in [0.4, 0.5) is 0 Å². The van der Waals surface area contributed by atoms with Crippen molar-refractivity contribution in [2.24, 2.45) is 17.1 Å². The third-order valence-corrected chi connectivity index (χ3v) is 4.17. The van der Waals surface area contributed by atoms with Crippen LogP contribution in [-0.2, 0) is 9.59 Å². The number of carbonyl (C=O) groups excluding carboxylic acids is 2. The fourth-order valence-corrected chi connectivity index (χ4v) is 2.54. The molecule has 0 radical (unpaired) electrons. The Morgan fingerprint density at radius 1 is 1.29 bits per heavy atom. The first-order valence-electron chi connectivity index (χ1n) is 8.03. The van der Waals surface area contributed by atoms with Gasteiger partial charge in [0.2, 0.25) is 11.8 Å². The molecule has 1 rings (SSSR count). The van der Waals surface area contributed by atoms with Crippen molar-refractivity contribution in [1.29, 1.82) is 0 Å². The van der Waals surface area contributed by atoms with Gasteiger partial charge in [0.05, 0.1) is 0 Å². The molecule has 2 amide bonds. The normalized spacial score (nSPS) is 18.4. The first-order valence-corrected chi connectivity index (χ1v) is 8.03. The van der Waals surface area contributed by atoms with Crippen molar-refractivity contribution in [1.82, 2.24) is 10.2 Å². The van der Waals surface area contributed by atoms with Crippen molar-refractivity contribution in [3.63, 3.8) is 0 Å². The highest BCUT2D eigenvalue weighted by atomic mass is 16.2. The van der Waals surface area contributed by atoms with Gasteiger partial charge in [-0.3, -0.25) is 9.59 Å². The van der Waals surface area contributed by atoms with E-state index in [1.165, 1.54) is 0 Å². The topological polar surface area (TPSA) is 75.4 Å². The summed E-state index contributed by atoms with van der Waals surface area (Å²) >= 11 is 0. The van der Waals surface area contributed by atoms with E-state index in [0.29, 0.717) is 25.3 Å². The van der Waals surface area contributed by atoms with Crippen molar-refractivity contribution >= 4 is 11.8 Å². The minimum atomic E-state index is -0.370. The predicted molar refractivity (Wildman–Crippen MR) is 84.7 cm³/mol. The SMILES string of the molecule is CC(N)C1CCN(C(=O)CCCNC(=O)C(C)(C)C)CC1. The molecule has 5 heteroatoms. The van der Waals surface area contributed by atoms with Gasteiger partial charge in [0.1, 0.15) is 0 Å². The molecular formula is C16H31N3O2. The molecule has 1 heterocycles. The highest BCUT2D eigenvalue weighted by Crippen LogP contribution is 2.20. The molecule has 0 bridgehead atoms. The van der Waals surface area contributed by atoms with E-state index >= 15 is 0 Å². The summed E-state index contributed by atoms with van der Waals surface area (Å²) < 4.78 is 0. The summed E-state index contributed by atoms with van der Waals surface area (Å²) in [4.78, 5) is 25.7. The fourth-order valence-electron chi connectivity index (χ4n) is 2.54. The molecule has 3 N–H and O–H groups in total. The maximum atomic E-state index is 12.1. The van der Waals surface area contributed by atoms with E-state index in [1.807, 2.05) is 32.6 Å². The first-order chi connectivity index (χ1) is 9.71. The second kappa shape index (κ2) is 7.78. The summed E-state index contributed by atoms with van der Waals surface area (Å²) in [7, 11) is 0. The van der Waals surface area contributed by atoms with Crippen molar-refractivity contribution in [2.45, 2.75) is 59.4 Å². The molecule has 1 aliphatic heterocycles. The molecule has 0 spiro atoms. The maximum Gasteiger partial charge on any atom is 0.225 e. The lowest BCUT2D eigenvalue weighted by Crippen LogP contribution is -2.42. The molecular weight excluding hydrogens is 266 g/mol. The highest BCUT2D eigenvalue weighted by molar-refractivity contribution is 5.81. The number of piperidine rings is 1. The van der Waals surface area contributed by atoms with Crippen LogP contribution < -0.4 is 11.1 Å². The van der Waals surface area contributed by atoms with Gasteiger partial charge in [0, 0.05) is 37.5 Å². The van der Waals surface area contributed by atoms with Crippen molar-refractivity contribution in [3.8, 4) is 0 Å². The smallest absolute Gasteiger partial charge is 0.225 e. The Morgan fingerprint density at radius 3 is 2.33 bits per heavy atom. The molecule has 1 aliphatic rings. The lowest BCUT2D eigenvalue weighted by molar-refractivity contribution is -0.133. The second-order valence-corrected chi connectivity index (χ2v) is 7.19. The van der Waals surface area contributed by atoms with Crippen molar-refractivity contribution in [3.05, 3.63) is 0 Å². The van der Waals surface area contributed by atoms with Crippen LogP contribution in [0.25, 0.3) is 0 Å². The van der Waals surface area contributed by atoms with Gasteiger partial charge in [-0.2, -0.15) is 0 Å². The Labute approximate surface area is 128 Å². The standard InChI is InChI=1S/C16H31N3O2/c1-12(17)13-7-10-19(11-8-13)14(20)6-5-9-18-15(21)16(2,3)4/h12-13H,5-11,17H2,1-4H3,(H,18,21). The molecule has 0 aromatic rings. The third-order valence-electron chi connectivity index (χ3n) is 4.17. The molecule has 1 fully saturated rings. The van der Waals surface area contributed by atoms with Gasteiger partial charge in [-0.1, -0.05) is 20.8 Å². The fraction of sp³-hybridized carbons (Fsp3) is 0.875. The Kier molecular flexibility index (Phi) is 6.65. The van der Waals surface area contributed by atoms with E-state index in [1.54, 1.807) is 0 Å². The summed E-state index contributed by atoms with van der Waals surface area (Å²) in [6.45, 7) is 9.90. The molecule has 0 aliphatic carbocycles. The van der Waals surface area contributed by atoms with Crippen LogP contribution in [0.2, 0.25) is 0 Å². The molecule has 1 unspecified atom stereocenters. The average Bonchev–Trinajstić information content (AvgIpc) is 2.42. The van der Waals surface area contributed by atoms with Crippen LogP contribution >= 0.6 is 0 Å². The van der Waals surface area contributed by atoms with Crippen LogP contribution in [-0.4, -0.2) is 42.4 Å². The van der Waals surface area contributed by atoms with Gasteiger partial charge < -0.3 is 16.0 Å². The number of carbonyl (C=O) groups is 2. The zero-order valence-electron chi connectivity index (χ0n) is 13.9. The van der Waals surface area contributed by atoms with E-state index in [2.05, 4.69) is 5.32 Å². The Morgan fingerprint density at radius 2 is 1.86 bits per heavy atom. The number of hydrogen-bond donors (Lipinski definition) is 2. The number of hydrogen-bond acceptors (Lipinski definition) is 3. The second-order valence-electron chi connectivity index (χ2n) is 7.19. The van der Waals surface area contributed by atoms with Gasteiger partial charge in [0.25, 0.3) is 0 Å². The number of amides is 2. The summed E-state index contributed by atoms with van der Waals surface area (Å²) in [5.41, 5.74) is 5.54. The molecule has 1 saturated heterocycles. The molecule has 21 heavy (non-hydrogen) atoms. The summed E-state index contributed by atoms with van der Waals surface area (Å²) in [5, 5.41) is 2.88. The number of likely N-dealkylation sites (tertiary alicyclic amines) is 1. The molecule has 0 aromatic carbocycles. The quantitative estimate of drug-likeness (QED) is 0.755. The molecule has 0 aromatic heterocycles. The monoisotopic (exact) mass is 297 g/mol. The Bertz CT molecular complexity index is 353. The van der Waals surface area contributed by atoms with Crippen LogP contribution in [0, 0.1) is 11.3 Å². The van der Waals surface area contributed by atoms with E-state index in [4.69, 9.17) is 5.73 Å². The third kappa shape index (κ3) is 6.04. The highest BCUT2D eigenvalue weighted by Gasteiger charge is 2.24. The zero-order chi connectivity index (χ0) is 16.0. The largest absolute Gasteiger partial charge is 0.356 e.